The Kier molecular flexibility index (Phi) is 4.08. The fraction of sp³-hybridized carbons (Fsp3) is 0.400. The molecule has 0 spiro atoms. The molecule has 0 bridgehead atoms. The molecule has 1 aromatic carbocycles. The van der Waals surface area contributed by atoms with Crippen LogP contribution >= 0.6 is 21.0 Å². The van der Waals surface area contributed by atoms with E-state index in [-0.39, 0.29) is 0 Å². The third-order valence-electron chi connectivity index (χ3n) is 2.05. The smallest absolute Gasteiger partial charge is 0.0328 e. The highest BCUT2D eigenvalue weighted by Crippen LogP contribution is 2.30. The Labute approximate surface area is 86.7 Å². The maximum atomic E-state index is 5.80. The second kappa shape index (κ2) is 4.88. The molecule has 2 unspecified atom stereocenters. The molecule has 13 heavy (non-hydrogen) atoms. The summed E-state index contributed by atoms with van der Waals surface area (Å²) in [6.45, 7) is 2.18. The largest absolute Gasteiger partial charge is 0.399 e. The molecule has 0 saturated heterocycles. The maximum absolute atomic E-state index is 5.80. The van der Waals surface area contributed by atoms with Crippen LogP contribution in [-0.4, -0.2) is 6.26 Å². The summed E-state index contributed by atoms with van der Waals surface area (Å²) < 4.78 is 0. The van der Waals surface area contributed by atoms with Crippen LogP contribution in [0.2, 0.25) is 0 Å². The Hall–Kier alpha value is -0.200. The van der Waals surface area contributed by atoms with Gasteiger partial charge in [0.25, 0.3) is 0 Å². The van der Waals surface area contributed by atoms with Gasteiger partial charge in [-0.25, -0.2) is 0 Å². The van der Waals surface area contributed by atoms with Gasteiger partial charge in [0.15, 0.2) is 0 Å². The van der Waals surface area contributed by atoms with E-state index in [2.05, 4.69) is 34.6 Å². The van der Waals surface area contributed by atoms with Gasteiger partial charge < -0.3 is 5.73 Å². The first kappa shape index (κ1) is 10.9. The lowest BCUT2D eigenvalue weighted by molar-refractivity contribution is 0.893. The summed E-state index contributed by atoms with van der Waals surface area (Å²) in [6.07, 6.45) is 3.20. The minimum absolute atomic E-state index is 0.523. The number of rotatable bonds is 3. The Morgan fingerprint density at radius 2 is 2.15 bits per heavy atom. The predicted molar refractivity (Wildman–Crippen MR) is 65.4 cm³/mol. The number of hydrogen-bond donors (Lipinski definition) is 1. The summed E-state index contributed by atoms with van der Waals surface area (Å²) in [5, 5.41) is 0. The van der Waals surface area contributed by atoms with Crippen LogP contribution in [0.1, 0.15) is 24.6 Å². The van der Waals surface area contributed by atoms with Crippen molar-refractivity contribution in [2.75, 3.05) is 12.0 Å². The van der Waals surface area contributed by atoms with Gasteiger partial charge in [-0.3, -0.25) is 0 Å². The molecule has 1 rings (SSSR count). The van der Waals surface area contributed by atoms with Gasteiger partial charge in [-0.1, -0.05) is 6.92 Å². The number of thioether (sulfide) groups is 1. The lowest BCUT2D eigenvalue weighted by Crippen LogP contribution is -1.92. The third-order valence-corrected chi connectivity index (χ3v) is 3.62. The molecule has 0 amide bonds. The third kappa shape index (κ3) is 2.89. The van der Waals surface area contributed by atoms with Crippen molar-refractivity contribution >= 4 is 26.7 Å². The molecule has 0 aliphatic rings. The van der Waals surface area contributed by atoms with Crippen LogP contribution in [0.3, 0.4) is 0 Å². The lowest BCUT2D eigenvalue weighted by atomic mass is 10.1. The van der Waals surface area contributed by atoms with Crippen molar-refractivity contribution < 1.29 is 0 Å². The molecule has 3 heteroatoms. The number of anilines is 1. The normalized spacial score (nSPS) is 12.8. The zero-order valence-electron chi connectivity index (χ0n) is 8.08. The van der Waals surface area contributed by atoms with Gasteiger partial charge in [0.05, 0.1) is 0 Å². The summed E-state index contributed by atoms with van der Waals surface area (Å²) in [6, 6.07) is 6.28. The molecular weight excluding hydrogens is 197 g/mol. The van der Waals surface area contributed by atoms with Crippen LogP contribution in [0.25, 0.3) is 0 Å². The van der Waals surface area contributed by atoms with E-state index in [4.69, 9.17) is 5.73 Å². The van der Waals surface area contributed by atoms with Crippen molar-refractivity contribution in [3.63, 3.8) is 0 Å². The van der Waals surface area contributed by atoms with E-state index in [0.29, 0.717) is 5.66 Å². The molecule has 2 N–H and O–H groups in total. The van der Waals surface area contributed by atoms with Crippen LogP contribution in [0.5, 0.6) is 0 Å². The van der Waals surface area contributed by atoms with E-state index in [0.717, 1.165) is 12.1 Å². The van der Waals surface area contributed by atoms with Gasteiger partial charge in [0.1, 0.15) is 0 Å². The molecule has 0 saturated carbocycles. The fourth-order valence-electron chi connectivity index (χ4n) is 1.21. The van der Waals surface area contributed by atoms with Gasteiger partial charge >= 0.3 is 0 Å². The summed E-state index contributed by atoms with van der Waals surface area (Å²) in [4.78, 5) is 1.25. The fourth-order valence-corrected chi connectivity index (χ4v) is 1.91. The molecule has 72 valence electrons. The first-order valence-corrected chi connectivity index (χ1v) is 6.26. The van der Waals surface area contributed by atoms with E-state index < -0.39 is 0 Å². The molecule has 1 aromatic rings. The summed E-state index contributed by atoms with van der Waals surface area (Å²) in [7, 11) is 2.85. The van der Waals surface area contributed by atoms with E-state index in [1.807, 2.05) is 6.07 Å². The lowest BCUT2D eigenvalue weighted by Gasteiger charge is -2.11. The Morgan fingerprint density at radius 3 is 2.69 bits per heavy atom. The summed E-state index contributed by atoms with van der Waals surface area (Å²) in [5.74, 6) is 0. The van der Waals surface area contributed by atoms with Crippen molar-refractivity contribution in [3.05, 3.63) is 23.8 Å². The minimum atomic E-state index is 0.523. The molecule has 0 fully saturated rings. The monoisotopic (exact) mass is 213 g/mol. The van der Waals surface area contributed by atoms with Gasteiger partial charge in [-0.2, -0.15) is 0 Å². The zero-order valence-corrected chi connectivity index (χ0v) is 10.1. The molecule has 1 nitrogen and oxygen atoms in total. The number of nitrogens with two attached hydrogens (primary N) is 1. The van der Waals surface area contributed by atoms with E-state index >= 15 is 0 Å². The molecule has 0 heterocycles. The van der Waals surface area contributed by atoms with Crippen LogP contribution in [-0.2, 0) is 0 Å². The highest BCUT2D eigenvalue weighted by atomic mass is 32.2. The van der Waals surface area contributed by atoms with Crippen molar-refractivity contribution in [2.45, 2.75) is 23.9 Å². The summed E-state index contributed by atoms with van der Waals surface area (Å²) >= 11 is 1.74. The van der Waals surface area contributed by atoms with E-state index in [9.17, 15) is 0 Å². The Morgan fingerprint density at radius 1 is 1.46 bits per heavy atom. The van der Waals surface area contributed by atoms with Gasteiger partial charge in [0.2, 0.25) is 0 Å². The first-order valence-electron chi connectivity index (χ1n) is 4.37. The molecule has 2 atom stereocenters. The maximum Gasteiger partial charge on any atom is 0.0328 e. The SMILES string of the molecule is CCC(P)c1cc(N)cc(SC)c1. The average molecular weight is 213 g/mol. The minimum Gasteiger partial charge on any atom is -0.399 e. The standard InChI is InChI=1S/C10H16NPS/c1-3-10(12)7-4-8(11)6-9(5-7)13-2/h4-6,10H,3,11-12H2,1-2H3. The molecule has 0 aliphatic carbocycles. The molecular formula is C10H16NPS. The summed E-state index contributed by atoms with van der Waals surface area (Å²) in [5.41, 5.74) is 8.51. The van der Waals surface area contributed by atoms with Crippen LogP contribution < -0.4 is 5.73 Å². The van der Waals surface area contributed by atoms with Crippen LogP contribution in [0.15, 0.2) is 23.1 Å². The highest BCUT2D eigenvalue weighted by Gasteiger charge is 2.04. The van der Waals surface area contributed by atoms with Crippen LogP contribution in [0, 0.1) is 0 Å². The van der Waals surface area contributed by atoms with Crippen molar-refractivity contribution in [3.8, 4) is 0 Å². The molecule has 0 aromatic heterocycles. The van der Waals surface area contributed by atoms with Crippen LogP contribution in [0.4, 0.5) is 5.69 Å². The van der Waals surface area contributed by atoms with E-state index in [1.54, 1.807) is 11.8 Å². The highest BCUT2D eigenvalue weighted by molar-refractivity contribution is 7.98. The quantitative estimate of drug-likeness (QED) is 0.473. The second-order valence-corrected chi connectivity index (χ2v) is 4.74. The Balaban J connectivity index is 3.01. The number of benzene rings is 1. The average Bonchev–Trinajstić information content (AvgIpc) is 2.15. The van der Waals surface area contributed by atoms with Crippen molar-refractivity contribution in [1.82, 2.24) is 0 Å². The van der Waals surface area contributed by atoms with Gasteiger partial charge in [-0.05, 0) is 42.1 Å². The number of nitrogen functional groups attached to an aromatic ring is 1. The van der Waals surface area contributed by atoms with Gasteiger partial charge in [-0.15, -0.1) is 21.0 Å². The van der Waals surface area contributed by atoms with Gasteiger partial charge in [0, 0.05) is 10.6 Å². The topological polar surface area (TPSA) is 26.0 Å². The van der Waals surface area contributed by atoms with E-state index in [1.165, 1.54) is 10.5 Å². The van der Waals surface area contributed by atoms with Crippen molar-refractivity contribution in [2.24, 2.45) is 0 Å². The zero-order chi connectivity index (χ0) is 9.84. The number of hydrogen-bond acceptors (Lipinski definition) is 2. The predicted octanol–water partition coefficient (Wildman–Crippen LogP) is 3.32. The first-order chi connectivity index (χ1) is 6.17. The second-order valence-electron chi connectivity index (χ2n) is 3.05. The molecule has 0 radical (unpaired) electrons. The molecule has 0 aliphatic heterocycles. The Bertz CT molecular complexity index is 288. The van der Waals surface area contributed by atoms with Crippen molar-refractivity contribution in [1.29, 1.82) is 0 Å².